The van der Waals surface area contributed by atoms with E-state index in [1.807, 2.05) is 51.1 Å². The number of pyridine rings is 1. The first-order valence-corrected chi connectivity index (χ1v) is 11.6. The summed E-state index contributed by atoms with van der Waals surface area (Å²) in [6, 6.07) is 14.0. The number of rotatable bonds is 5. The van der Waals surface area contributed by atoms with Gasteiger partial charge in [-0.15, -0.1) is 0 Å². The lowest BCUT2D eigenvalue weighted by molar-refractivity contribution is 0.0204. The molecule has 0 aliphatic carbocycles. The molecule has 1 aromatic carbocycles. The lowest BCUT2D eigenvalue weighted by atomic mass is 9.87. The average Bonchev–Trinajstić information content (AvgIpc) is 3.25. The van der Waals surface area contributed by atoms with E-state index in [2.05, 4.69) is 22.2 Å². The average molecular weight is 448 g/mol. The molecule has 3 aromatic rings. The Morgan fingerprint density at radius 2 is 1.82 bits per heavy atom. The maximum atomic E-state index is 12.5. The molecule has 0 unspecified atom stereocenters. The molecule has 0 spiro atoms. The molecular weight excluding hydrogens is 414 g/mol. The van der Waals surface area contributed by atoms with E-state index in [4.69, 9.17) is 15.6 Å². The zero-order valence-corrected chi connectivity index (χ0v) is 19.6. The minimum atomic E-state index is -0.490. The van der Waals surface area contributed by atoms with Gasteiger partial charge in [0, 0.05) is 42.7 Å². The monoisotopic (exact) mass is 447 g/mol. The second kappa shape index (κ2) is 9.75. The molecule has 3 N–H and O–H groups in total. The highest BCUT2D eigenvalue weighted by Gasteiger charge is 2.31. The number of nitrogens with one attached hydrogen (secondary N) is 1. The van der Waals surface area contributed by atoms with E-state index in [0.717, 1.165) is 35.4 Å². The summed E-state index contributed by atoms with van der Waals surface area (Å²) < 4.78 is 5.55. The number of aromatic nitrogens is 3. The van der Waals surface area contributed by atoms with Crippen molar-refractivity contribution in [2.24, 2.45) is 5.73 Å². The van der Waals surface area contributed by atoms with E-state index in [-0.39, 0.29) is 18.1 Å². The van der Waals surface area contributed by atoms with Crippen molar-refractivity contribution >= 4 is 6.09 Å². The molecule has 33 heavy (non-hydrogen) atoms. The van der Waals surface area contributed by atoms with Crippen LogP contribution in [0.15, 0.2) is 54.9 Å². The molecule has 1 aliphatic heterocycles. The van der Waals surface area contributed by atoms with Gasteiger partial charge in [-0.3, -0.25) is 10.1 Å². The summed E-state index contributed by atoms with van der Waals surface area (Å²) in [7, 11) is 0. The van der Waals surface area contributed by atoms with E-state index >= 15 is 0 Å². The largest absolute Gasteiger partial charge is 0.444 e. The van der Waals surface area contributed by atoms with E-state index in [0.29, 0.717) is 19.5 Å². The first kappa shape index (κ1) is 23.0. The topological polar surface area (TPSA) is 97.1 Å². The quantitative estimate of drug-likeness (QED) is 0.584. The van der Waals surface area contributed by atoms with Crippen LogP contribution in [0.25, 0.3) is 11.1 Å². The maximum absolute atomic E-state index is 12.5. The third kappa shape index (κ3) is 5.60. The fourth-order valence-electron chi connectivity index (χ4n) is 4.40. The van der Waals surface area contributed by atoms with Crippen molar-refractivity contribution in [2.75, 3.05) is 13.1 Å². The highest BCUT2D eigenvalue weighted by atomic mass is 16.6. The van der Waals surface area contributed by atoms with Crippen molar-refractivity contribution in [1.29, 1.82) is 0 Å². The number of piperidine rings is 1. The van der Waals surface area contributed by atoms with Gasteiger partial charge in [0.25, 0.3) is 0 Å². The van der Waals surface area contributed by atoms with Gasteiger partial charge in [-0.1, -0.05) is 30.3 Å². The summed E-state index contributed by atoms with van der Waals surface area (Å²) in [5.41, 5.74) is 11.4. The summed E-state index contributed by atoms with van der Waals surface area (Å²) in [6.45, 7) is 6.98. The molecule has 7 heteroatoms. The lowest BCUT2D eigenvalue weighted by Gasteiger charge is -2.33. The van der Waals surface area contributed by atoms with Crippen LogP contribution in [0.2, 0.25) is 0 Å². The molecule has 0 bridgehead atoms. The normalized spacial score (nSPS) is 15.9. The maximum Gasteiger partial charge on any atom is 0.410 e. The molecule has 1 atom stereocenters. The summed E-state index contributed by atoms with van der Waals surface area (Å²) in [5, 5.41) is 8.00. The van der Waals surface area contributed by atoms with Crippen LogP contribution in [0, 0.1) is 0 Å². The van der Waals surface area contributed by atoms with Gasteiger partial charge in [0.15, 0.2) is 0 Å². The summed E-state index contributed by atoms with van der Waals surface area (Å²) in [6.07, 6.45) is 5.73. The number of amides is 1. The Bertz CT molecular complexity index is 1050. The predicted octanol–water partition coefficient (Wildman–Crippen LogP) is 4.83. The number of benzene rings is 1. The number of nitrogens with zero attached hydrogens (tertiary/aromatic N) is 3. The van der Waals surface area contributed by atoms with Gasteiger partial charge in [-0.2, -0.15) is 5.10 Å². The Kier molecular flexibility index (Phi) is 6.79. The van der Waals surface area contributed by atoms with Crippen molar-refractivity contribution in [3.05, 3.63) is 71.8 Å². The second-order valence-corrected chi connectivity index (χ2v) is 9.67. The van der Waals surface area contributed by atoms with Crippen LogP contribution in [0.4, 0.5) is 4.79 Å². The number of likely N-dealkylation sites (tertiary alicyclic amines) is 1. The van der Waals surface area contributed by atoms with Crippen molar-refractivity contribution in [1.82, 2.24) is 20.1 Å². The van der Waals surface area contributed by atoms with E-state index in [9.17, 15) is 4.79 Å². The minimum Gasteiger partial charge on any atom is -0.444 e. The minimum absolute atomic E-state index is 0.234. The van der Waals surface area contributed by atoms with Crippen molar-refractivity contribution in [2.45, 2.75) is 57.6 Å². The number of hydrogen-bond donors (Lipinski definition) is 2. The first-order valence-electron chi connectivity index (χ1n) is 11.6. The van der Waals surface area contributed by atoms with Crippen LogP contribution in [0.3, 0.4) is 0 Å². The van der Waals surface area contributed by atoms with Gasteiger partial charge < -0.3 is 15.4 Å². The molecule has 1 amide bonds. The Morgan fingerprint density at radius 3 is 2.45 bits per heavy atom. The Morgan fingerprint density at radius 1 is 1.15 bits per heavy atom. The molecule has 1 fully saturated rings. The lowest BCUT2D eigenvalue weighted by Crippen LogP contribution is -2.41. The molecular formula is C26H33N5O2. The zero-order valence-electron chi connectivity index (χ0n) is 19.6. The third-order valence-electron chi connectivity index (χ3n) is 6.00. The van der Waals surface area contributed by atoms with Crippen LogP contribution < -0.4 is 5.73 Å². The standard InChI is InChI=1S/C26H33N5O2/c1-26(2,3)33-25(32)31-15-11-20(12-16-31)23-22(19-9-13-28-14-10-19)24(30-29-23)21(27)17-18-7-5-4-6-8-18/h4-10,13-14,20-21H,11-12,15-17,27H2,1-3H3,(H,29,30)/t21-/m1/s1. The highest BCUT2D eigenvalue weighted by Crippen LogP contribution is 2.38. The summed E-state index contributed by atoms with van der Waals surface area (Å²) >= 11 is 0. The molecule has 3 heterocycles. The van der Waals surface area contributed by atoms with Gasteiger partial charge in [0.2, 0.25) is 0 Å². The smallest absolute Gasteiger partial charge is 0.410 e. The van der Waals surface area contributed by atoms with Crippen LogP contribution in [0.5, 0.6) is 0 Å². The highest BCUT2D eigenvalue weighted by molar-refractivity contribution is 5.70. The fraction of sp³-hybridized carbons (Fsp3) is 0.423. The molecule has 0 saturated carbocycles. The number of H-pyrrole nitrogens is 1. The summed E-state index contributed by atoms with van der Waals surface area (Å²) in [5.74, 6) is 0.261. The van der Waals surface area contributed by atoms with E-state index in [1.165, 1.54) is 5.56 Å². The van der Waals surface area contributed by atoms with E-state index in [1.54, 1.807) is 17.3 Å². The Hall–Kier alpha value is -3.19. The molecule has 174 valence electrons. The Labute approximate surface area is 195 Å². The van der Waals surface area contributed by atoms with Crippen molar-refractivity contribution in [3.63, 3.8) is 0 Å². The molecule has 1 saturated heterocycles. The number of carbonyl (C=O) groups excluding carboxylic acids is 1. The predicted molar refractivity (Wildman–Crippen MR) is 129 cm³/mol. The third-order valence-corrected chi connectivity index (χ3v) is 6.00. The van der Waals surface area contributed by atoms with Crippen LogP contribution >= 0.6 is 0 Å². The first-order chi connectivity index (χ1) is 15.8. The van der Waals surface area contributed by atoms with E-state index < -0.39 is 5.60 Å². The number of hydrogen-bond acceptors (Lipinski definition) is 5. The zero-order chi connectivity index (χ0) is 23.4. The van der Waals surface area contributed by atoms with Crippen LogP contribution in [-0.2, 0) is 11.2 Å². The molecule has 7 nitrogen and oxygen atoms in total. The second-order valence-electron chi connectivity index (χ2n) is 9.67. The summed E-state index contributed by atoms with van der Waals surface area (Å²) in [4.78, 5) is 18.4. The van der Waals surface area contributed by atoms with Crippen molar-refractivity contribution < 1.29 is 9.53 Å². The number of carbonyl (C=O) groups is 1. The van der Waals surface area contributed by atoms with Gasteiger partial charge in [-0.25, -0.2) is 4.79 Å². The molecule has 2 aromatic heterocycles. The van der Waals surface area contributed by atoms with Gasteiger partial charge >= 0.3 is 6.09 Å². The molecule has 0 radical (unpaired) electrons. The number of ether oxygens (including phenoxy) is 1. The van der Waals surface area contributed by atoms with Gasteiger partial charge in [-0.05, 0) is 63.3 Å². The molecule has 4 rings (SSSR count). The number of aromatic amines is 1. The van der Waals surface area contributed by atoms with Crippen molar-refractivity contribution in [3.8, 4) is 11.1 Å². The van der Waals surface area contributed by atoms with Crippen LogP contribution in [0.1, 0.15) is 62.5 Å². The van der Waals surface area contributed by atoms with Gasteiger partial charge in [0.1, 0.15) is 5.60 Å². The molecule has 1 aliphatic rings. The SMILES string of the molecule is CC(C)(C)OC(=O)N1CCC(c2[nH]nc([C@H](N)Cc3ccccc3)c2-c2ccncc2)CC1. The van der Waals surface area contributed by atoms with Gasteiger partial charge in [0.05, 0.1) is 11.7 Å². The Balaban J connectivity index is 1.56. The van der Waals surface area contributed by atoms with Crippen LogP contribution in [-0.4, -0.2) is 44.9 Å². The number of nitrogens with two attached hydrogens (primary N) is 1. The fourth-order valence-corrected chi connectivity index (χ4v) is 4.40.